The van der Waals surface area contributed by atoms with Gasteiger partial charge in [0, 0.05) is 50.1 Å². The summed E-state index contributed by atoms with van der Waals surface area (Å²) in [7, 11) is 1.99. The molecule has 8 nitrogen and oxygen atoms in total. The number of carbonyl (C=O) groups excluding carboxylic acids is 1. The predicted octanol–water partition coefficient (Wildman–Crippen LogP) is 5.39. The van der Waals surface area contributed by atoms with Crippen LogP contribution in [0.15, 0.2) is 64.5 Å². The summed E-state index contributed by atoms with van der Waals surface area (Å²) < 4.78 is 1.85. The fourth-order valence-electron chi connectivity index (χ4n) is 4.98. The highest BCUT2D eigenvalue weighted by Gasteiger charge is 2.26. The zero-order valence-corrected chi connectivity index (χ0v) is 23.1. The van der Waals surface area contributed by atoms with Crippen molar-refractivity contribution in [2.45, 2.75) is 43.1 Å². The minimum atomic E-state index is -0.0889. The smallest absolute Gasteiger partial charge is 0.326 e. The molecule has 10 heteroatoms. The van der Waals surface area contributed by atoms with Crippen molar-refractivity contribution < 1.29 is 4.79 Å². The van der Waals surface area contributed by atoms with Crippen molar-refractivity contribution in [2.24, 2.45) is 0 Å². The first-order valence-corrected chi connectivity index (χ1v) is 14.2. The van der Waals surface area contributed by atoms with Crippen LogP contribution in [0.5, 0.6) is 0 Å². The first-order valence-electron chi connectivity index (χ1n) is 12.9. The average molecular weight is 551 g/mol. The van der Waals surface area contributed by atoms with Crippen LogP contribution in [0.3, 0.4) is 0 Å². The molecule has 0 spiro atoms. The molecule has 2 aromatic carbocycles. The zero-order valence-electron chi connectivity index (χ0n) is 21.6. The van der Waals surface area contributed by atoms with E-state index in [1.54, 1.807) is 6.07 Å². The van der Waals surface area contributed by atoms with E-state index in [4.69, 9.17) is 11.6 Å². The quantitative estimate of drug-likeness (QED) is 0.180. The number of rotatable bonds is 8. The molecule has 0 aliphatic carbocycles. The van der Waals surface area contributed by atoms with Gasteiger partial charge in [0.25, 0.3) is 5.91 Å². The minimum absolute atomic E-state index is 0.0176. The van der Waals surface area contributed by atoms with E-state index in [0.717, 1.165) is 48.2 Å². The monoisotopic (exact) mass is 550 g/mol. The van der Waals surface area contributed by atoms with Crippen molar-refractivity contribution in [3.05, 3.63) is 81.4 Å². The molecule has 1 aliphatic rings. The number of nitrogens with one attached hydrogen (secondary N) is 1. The standard InChI is InChI=1S/C28H31ClN6O2S/c1-3-13-33(2)25-17-24(29)31-27(32-25)38-18-19-7-6-8-20(16-19)26(36)34-14-11-21(12-15-34)35-23-10-5-4-9-22(23)30-28(35)37/h4-10,16-17,21H,3,11-15,18H2,1-2H3,(H,30,37). The molecule has 5 rings (SSSR count). The topological polar surface area (TPSA) is 87.1 Å². The van der Waals surface area contributed by atoms with Crippen molar-refractivity contribution >= 4 is 46.1 Å². The van der Waals surface area contributed by atoms with Crippen LogP contribution in [-0.4, -0.2) is 57.0 Å². The summed E-state index contributed by atoms with van der Waals surface area (Å²) in [6, 6.07) is 17.3. The van der Waals surface area contributed by atoms with Crippen LogP contribution >= 0.6 is 23.4 Å². The number of halogens is 1. The van der Waals surface area contributed by atoms with E-state index < -0.39 is 0 Å². The Kier molecular flexibility index (Phi) is 8.04. The van der Waals surface area contributed by atoms with Gasteiger partial charge in [-0.25, -0.2) is 14.8 Å². The van der Waals surface area contributed by atoms with Gasteiger partial charge in [-0.2, -0.15) is 0 Å². The van der Waals surface area contributed by atoms with Gasteiger partial charge >= 0.3 is 5.69 Å². The maximum absolute atomic E-state index is 13.3. The fourth-order valence-corrected chi connectivity index (χ4v) is 6.01. The highest BCUT2D eigenvalue weighted by molar-refractivity contribution is 7.98. The largest absolute Gasteiger partial charge is 0.360 e. The number of likely N-dealkylation sites (tertiary alicyclic amines) is 1. The number of aromatic amines is 1. The molecule has 0 radical (unpaired) electrons. The molecule has 4 aromatic rings. The van der Waals surface area contributed by atoms with Crippen LogP contribution in [0, 0.1) is 0 Å². The van der Waals surface area contributed by atoms with Crippen LogP contribution in [-0.2, 0) is 5.75 Å². The molecule has 0 saturated carbocycles. The van der Waals surface area contributed by atoms with Crippen molar-refractivity contribution in [2.75, 3.05) is 31.6 Å². The molecule has 1 N–H and O–H groups in total. The number of anilines is 1. The van der Waals surface area contributed by atoms with Gasteiger partial charge in [0.1, 0.15) is 11.0 Å². The van der Waals surface area contributed by atoms with E-state index in [1.165, 1.54) is 11.8 Å². The van der Waals surface area contributed by atoms with Crippen LogP contribution in [0.2, 0.25) is 5.15 Å². The summed E-state index contributed by atoms with van der Waals surface area (Å²) in [5.74, 6) is 1.45. The number of imidazole rings is 1. The third-order valence-electron chi connectivity index (χ3n) is 6.89. The van der Waals surface area contributed by atoms with Gasteiger partial charge in [0.05, 0.1) is 11.0 Å². The third-order valence-corrected chi connectivity index (χ3v) is 8.01. The van der Waals surface area contributed by atoms with E-state index in [1.807, 2.05) is 65.0 Å². The highest BCUT2D eigenvalue weighted by Crippen LogP contribution is 2.27. The average Bonchev–Trinajstić information content (AvgIpc) is 3.27. The zero-order chi connectivity index (χ0) is 26.6. The Balaban J connectivity index is 1.22. The van der Waals surface area contributed by atoms with Crippen molar-refractivity contribution in [1.29, 1.82) is 0 Å². The van der Waals surface area contributed by atoms with Gasteiger partial charge < -0.3 is 14.8 Å². The number of piperidine rings is 1. The molecule has 1 saturated heterocycles. The number of para-hydroxylation sites is 2. The van der Waals surface area contributed by atoms with Crippen molar-refractivity contribution in [3.63, 3.8) is 0 Å². The van der Waals surface area contributed by atoms with Gasteiger partial charge in [-0.1, -0.05) is 54.6 Å². The Labute approximate surface area is 231 Å². The lowest BCUT2D eigenvalue weighted by Gasteiger charge is -2.32. The Bertz CT molecular complexity index is 1490. The molecule has 38 heavy (non-hydrogen) atoms. The third kappa shape index (κ3) is 5.73. The second-order valence-corrected chi connectivity index (χ2v) is 10.9. The van der Waals surface area contributed by atoms with Crippen LogP contribution in [0.4, 0.5) is 5.82 Å². The van der Waals surface area contributed by atoms with Crippen molar-refractivity contribution in [3.8, 4) is 0 Å². The summed E-state index contributed by atoms with van der Waals surface area (Å²) >= 11 is 7.75. The summed E-state index contributed by atoms with van der Waals surface area (Å²) in [4.78, 5) is 41.8. The van der Waals surface area contributed by atoms with E-state index >= 15 is 0 Å². The lowest BCUT2D eigenvalue weighted by atomic mass is 10.0. The van der Waals surface area contributed by atoms with Crippen LogP contribution in [0.25, 0.3) is 11.0 Å². The molecule has 0 atom stereocenters. The molecular weight excluding hydrogens is 520 g/mol. The predicted molar refractivity (Wildman–Crippen MR) is 153 cm³/mol. The number of benzene rings is 2. The minimum Gasteiger partial charge on any atom is -0.360 e. The molecule has 1 fully saturated rings. The first kappa shape index (κ1) is 26.3. The number of thioether (sulfide) groups is 1. The van der Waals surface area contributed by atoms with Gasteiger partial charge in [0.15, 0.2) is 5.16 Å². The molecule has 3 heterocycles. The molecule has 0 unspecified atom stereocenters. The normalized spacial score (nSPS) is 14.2. The first-order chi connectivity index (χ1) is 18.4. The number of hydrogen-bond acceptors (Lipinski definition) is 6. The summed E-state index contributed by atoms with van der Waals surface area (Å²) in [5.41, 5.74) is 3.36. The second-order valence-electron chi connectivity index (χ2n) is 9.58. The van der Waals surface area contributed by atoms with Gasteiger partial charge in [0.2, 0.25) is 0 Å². The van der Waals surface area contributed by atoms with Gasteiger partial charge in [-0.3, -0.25) is 9.36 Å². The van der Waals surface area contributed by atoms with E-state index in [0.29, 0.717) is 34.7 Å². The molecule has 1 aliphatic heterocycles. The summed E-state index contributed by atoms with van der Waals surface area (Å²) in [6.07, 6.45) is 2.49. The maximum atomic E-state index is 13.3. The second kappa shape index (κ2) is 11.6. The molecule has 198 valence electrons. The molecule has 1 amide bonds. The fraction of sp³-hybridized carbons (Fsp3) is 0.357. The number of hydrogen-bond donors (Lipinski definition) is 1. The van der Waals surface area contributed by atoms with Crippen molar-refractivity contribution in [1.82, 2.24) is 24.4 Å². The number of H-pyrrole nitrogens is 1. The summed E-state index contributed by atoms with van der Waals surface area (Å²) in [5, 5.41) is 1.03. The maximum Gasteiger partial charge on any atom is 0.326 e. The van der Waals surface area contributed by atoms with Gasteiger partial charge in [-0.15, -0.1) is 0 Å². The van der Waals surface area contributed by atoms with E-state index in [9.17, 15) is 9.59 Å². The summed E-state index contributed by atoms with van der Waals surface area (Å²) in [6.45, 7) is 4.23. The number of carbonyl (C=O) groups is 1. The number of aromatic nitrogens is 4. The van der Waals surface area contributed by atoms with Gasteiger partial charge in [-0.05, 0) is 49.1 Å². The highest BCUT2D eigenvalue weighted by atomic mass is 35.5. The lowest BCUT2D eigenvalue weighted by Crippen LogP contribution is -2.40. The number of amides is 1. The Morgan fingerprint density at radius 1 is 1.13 bits per heavy atom. The molecule has 2 aromatic heterocycles. The molecule has 0 bridgehead atoms. The number of nitrogens with zero attached hydrogens (tertiary/aromatic N) is 5. The van der Waals surface area contributed by atoms with E-state index in [-0.39, 0.29) is 17.6 Å². The van der Waals surface area contributed by atoms with Crippen LogP contribution < -0.4 is 10.6 Å². The Hall–Kier alpha value is -3.30. The number of fused-ring (bicyclic) bond motifs is 1. The van der Waals surface area contributed by atoms with Crippen LogP contribution in [0.1, 0.15) is 48.1 Å². The van der Waals surface area contributed by atoms with E-state index in [2.05, 4.69) is 26.8 Å². The SMILES string of the molecule is CCCN(C)c1cc(Cl)nc(SCc2cccc(C(=O)N3CCC(n4c(=O)[nH]c5ccccc54)CC3)c2)n1. The Morgan fingerprint density at radius 3 is 2.71 bits per heavy atom. The Morgan fingerprint density at radius 2 is 1.92 bits per heavy atom. The molecular formula is C28H31ClN6O2S. The lowest BCUT2D eigenvalue weighted by molar-refractivity contribution is 0.0695.